The molecule has 0 saturated carbocycles. The van der Waals surface area contributed by atoms with Gasteiger partial charge in [0.1, 0.15) is 5.52 Å². The summed E-state index contributed by atoms with van der Waals surface area (Å²) in [7, 11) is 0. The molecule has 0 amide bonds. The molecule has 1 heterocycles. The number of rotatable bonds is 0. The smallest absolute Gasteiger partial charge is 0.100 e. The number of thiazole rings is 1. The molecule has 0 aliphatic rings. The van der Waals surface area contributed by atoms with Gasteiger partial charge in [-0.15, -0.1) is 11.3 Å². The lowest BCUT2D eigenvalue weighted by Crippen LogP contribution is -1.71. The molecule has 4 heteroatoms. The molecule has 12 heavy (non-hydrogen) atoms. The summed E-state index contributed by atoms with van der Waals surface area (Å²) in [6.07, 6.45) is 0. The van der Waals surface area contributed by atoms with E-state index in [1.807, 2.05) is 13.0 Å². The SMILES string of the molecule is Cc1nc2c(Cl)cc(Cl)cc2s1. The molecule has 1 aromatic heterocycles. The summed E-state index contributed by atoms with van der Waals surface area (Å²) in [5.74, 6) is 0. The van der Waals surface area contributed by atoms with Crippen LogP contribution in [0.5, 0.6) is 0 Å². The van der Waals surface area contributed by atoms with E-state index in [1.54, 1.807) is 17.4 Å². The lowest BCUT2D eigenvalue weighted by Gasteiger charge is -1.92. The van der Waals surface area contributed by atoms with E-state index in [1.165, 1.54) is 0 Å². The van der Waals surface area contributed by atoms with Gasteiger partial charge in [-0.1, -0.05) is 23.2 Å². The molecule has 2 rings (SSSR count). The van der Waals surface area contributed by atoms with E-state index in [9.17, 15) is 0 Å². The van der Waals surface area contributed by atoms with Gasteiger partial charge in [-0.2, -0.15) is 0 Å². The van der Waals surface area contributed by atoms with Crippen LogP contribution in [0.4, 0.5) is 0 Å². The first kappa shape index (κ1) is 8.30. The lowest BCUT2D eigenvalue weighted by atomic mass is 10.3. The first-order valence-electron chi connectivity index (χ1n) is 3.39. The van der Waals surface area contributed by atoms with E-state index in [4.69, 9.17) is 23.2 Å². The summed E-state index contributed by atoms with van der Waals surface area (Å²) in [6.45, 7) is 1.95. The second-order valence-corrected chi connectivity index (χ2v) is 4.55. The molecule has 2 aromatic rings. The Kier molecular flexibility index (Phi) is 1.99. The zero-order valence-corrected chi connectivity index (χ0v) is 8.59. The van der Waals surface area contributed by atoms with Crippen LogP contribution < -0.4 is 0 Å². The number of nitrogens with zero attached hydrogens (tertiary/aromatic N) is 1. The van der Waals surface area contributed by atoms with Crippen LogP contribution in [0, 0.1) is 6.92 Å². The van der Waals surface area contributed by atoms with Gasteiger partial charge in [0, 0.05) is 5.02 Å². The van der Waals surface area contributed by atoms with Crippen molar-refractivity contribution >= 4 is 44.8 Å². The zero-order valence-electron chi connectivity index (χ0n) is 6.27. The predicted molar refractivity (Wildman–Crippen MR) is 54.4 cm³/mol. The molecule has 0 bridgehead atoms. The van der Waals surface area contributed by atoms with Crippen molar-refractivity contribution in [1.29, 1.82) is 0 Å². The van der Waals surface area contributed by atoms with Crippen LogP contribution in [0.1, 0.15) is 5.01 Å². The normalized spacial score (nSPS) is 10.9. The number of halogens is 2. The van der Waals surface area contributed by atoms with Crippen molar-refractivity contribution in [2.45, 2.75) is 6.92 Å². The van der Waals surface area contributed by atoms with E-state index in [-0.39, 0.29) is 0 Å². The average molecular weight is 218 g/mol. The van der Waals surface area contributed by atoms with Gasteiger partial charge in [-0.25, -0.2) is 4.98 Å². The topological polar surface area (TPSA) is 12.9 Å². The number of hydrogen-bond donors (Lipinski definition) is 0. The van der Waals surface area contributed by atoms with Crippen LogP contribution >= 0.6 is 34.5 Å². The van der Waals surface area contributed by atoms with Crippen LogP contribution in [-0.2, 0) is 0 Å². The molecule has 0 unspecified atom stereocenters. The number of fused-ring (bicyclic) bond motifs is 1. The van der Waals surface area contributed by atoms with Crippen LogP contribution in [0.2, 0.25) is 10.0 Å². The summed E-state index contributed by atoms with van der Waals surface area (Å²) in [6, 6.07) is 3.60. The molecular formula is C8H5Cl2NS. The van der Waals surface area contributed by atoms with Crippen molar-refractivity contribution in [3.8, 4) is 0 Å². The first-order valence-corrected chi connectivity index (χ1v) is 4.96. The molecule has 1 nitrogen and oxygen atoms in total. The molecule has 62 valence electrons. The fourth-order valence-corrected chi connectivity index (χ4v) is 2.62. The van der Waals surface area contributed by atoms with E-state index in [0.29, 0.717) is 10.0 Å². The standard InChI is InChI=1S/C8H5Cl2NS/c1-4-11-8-6(10)2-5(9)3-7(8)12-4/h2-3H,1H3. The van der Waals surface area contributed by atoms with Gasteiger partial charge in [-0.3, -0.25) is 0 Å². The van der Waals surface area contributed by atoms with Crippen molar-refractivity contribution < 1.29 is 0 Å². The van der Waals surface area contributed by atoms with Gasteiger partial charge in [-0.05, 0) is 19.1 Å². The largest absolute Gasteiger partial charge is 0.240 e. The summed E-state index contributed by atoms with van der Waals surface area (Å²) < 4.78 is 1.05. The average Bonchev–Trinajstić information content (AvgIpc) is 2.29. The molecule has 0 radical (unpaired) electrons. The summed E-state index contributed by atoms with van der Waals surface area (Å²) in [5.41, 5.74) is 0.851. The van der Waals surface area contributed by atoms with E-state index < -0.39 is 0 Å². The van der Waals surface area contributed by atoms with E-state index in [0.717, 1.165) is 15.2 Å². The first-order chi connectivity index (χ1) is 5.66. The molecule has 0 fully saturated rings. The van der Waals surface area contributed by atoms with Gasteiger partial charge in [0.25, 0.3) is 0 Å². The van der Waals surface area contributed by atoms with Crippen molar-refractivity contribution in [3.05, 3.63) is 27.2 Å². The Balaban J connectivity index is 2.88. The van der Waals surface area contributed by atoms with Gasteiger partial charge < -0.3 is 0 Å². The minimum Gasteiger partial charge on any atom is -0.240 e. The van der Waals surface area contributed by atoms with Crippen LogP contribution in [0.25, 0.3) is 10.2 Å². The second-order valence-electron chi connectivity index (χ2n) is 2.47. The van der Waals surface area contributed by atoms with Crippen molar-refractivity contribution in [3.63, 3.8) is 0 Å². The molecular weight excluding hydrogens is 213 g/mol. The molecule has 0 atom stereocenters. The van der Waals surface area contributed by atoms with Gasteiger partial charge in [0.15, 0.2) is 0 Å². The number of aromatic nitrogens is 1. The summed E-state index contributed by atoms with van der Waals surface area (Å²) in [4.78, 5) is 4.28. The van der Waals surface area contributed by atoms with Crippen LogP contribution in [0.3, 0.4) is 0 Å². The quantitative estimate of drug-likeness (QED) is 0.653. The Labute approximate surface area is 83.9 Å². The molecule has 0 aliphatic carbocycles. The third-order valence-electron chi connectivity index (χ3n) is 1.52. The highest BCUT2D eigenvalue weighted by molar-refractivity contribution is 7.18. The minimum atomic E-state index is 0.627. The van der Waals surface area contributed by atoms with E-state index in [2.05, 4.69) is 4.98 Å². The fourth-order valence-electron chi connectivity index (χ4n) is 1.07. The third-order valence-corrected chi connectivity index (χ3v) is 2.94. The van der Waals surface area contributed by atoms with Crippen LogP contribution in [0.15, 0.2) is 12.1 Å². The summed E-state index contributed by atoms with van der Waals surface area (Å²) >= 11 is 13.4. The Morgan fingerprint density at radius 1 is 1.33 bits per heavy atom. The third kappa shape index (κ3) is 1.30. The van der Waals surface area contributed by atoms with Crippen molar-refractivity contribution in [2.24, 2.45) is 0 Å². The molecule has 0 N–H and O–H groups in total. The highest BCUT2D eigenvalue weighted by Gasteiger charge is 2.05. The molecule has 1 aromatic carbocycles. The zero-order chi connectivity index (χ0) is 8.72. The van der Waals surface area contributed by atoms with Gasteiger partial charge >= 0.3 is 0 Å². The molecule has 0 spiro atoms. The maximum absolute atomic E-state index is 5.94. The predicted octanol–water partition coefficient (Wildman–Crippen LogP) is 3.91. The lowest BCUT2D eigenvalue weighted by molar-refractivity contribution is 1.35. The molecule has 0 saturated heterocycles. The number of hydrogen-bond acceptors (Lipinski definition) is 2. The monoisotopic (exact) mass is 217 g/mol. The Hall–Kier alpha value is -0.310. The maximum Gasteiger partial charge on any atom is 0.100 e. The summed E-state index contributed by atoms with van der Waals surface area (Å²) in [5, 5.41) is 2.30. The van der Waals surface area contributed by atoms with Crippen LogP contribution in [-0.4, -0.2) is 4.98 Å². The molecule has 0 aliphatic heterocycles. The highest BCUT2D eigenvalue weighted by Crippen LogP contribution is 2.30. The maximum atomic E-state index is 5.94. The van der Waals surface area contributed by atoms with Gasteiger partial charge in [0.2, 0.25) is 0 Å². The minimum absolute atomic E-state index is 0.627. The van der Waals surface area contributed by atoms with Crippen molar-refractivity contribution in [1.82, 2.24) is 4.98 Å². The highest BCUT2D eigenvalue weighted by atomic mass is 35.5. The fraction of sp³-hybridized carbons (Fsp3) is 0.125. The van der Waals surface area contributed by atoms with E-state index >= 15 is 0 Å². The number of aryl methyl sites for hydroxylation is 1. The second kappa shape index (κ2) is 2.87. The Morgan fingerprint density at radius 3 is 2.83 bits per heavy atom. The Morgan fingerprint density at radius 2 is 2.08 bits per heavy atom. The number of benzene rings is 1. The van der Waals surface area contributed by atoms with Crippen molar-refractivity contribution in [2.75, 3.05) is 0 Å². The van der Waals surface area contributed by atoms with Gasteiger partial charge in [0.05, 0.1) is 14.7 Å². The Bertz CT molecular complexity index is 436.